The van der Waals surface area contributed by atoms with Crippen molar-refractivity contribution in [1.29, 1.82) is 0 Å². The van der Waals surface area contributed by atoms with Gasteiger partial charge >= 0.3 is 18.3 Å². The third kappa shape index (κ3) is 4.09. The molecule has 0 aromatic carbocycles. The summed E-state index contributed by atoms with van der Waals surface area (Å²) in [6.45, 7) is -2.12. The molecule has 0 aliphatic carbocycles. The molecule has 0 atom stereocenters. The van der Waals surface area contributed by atoms with Gasteiger partial charge in [-0.1, -0.05) is 0 Å². The molecule has 2 heterocycles. The van der Waals surface area contributed by atoms with Crippen molar-refractivity contribution >= 4 is 17.6 Å². The van der Waals surface area contributed by atoms with Crippen LogP contribution < -0.4 is 16.0 Å². The maximum Gasteiger partial charge on any atom is 0.455 e. The summed E-state index contributed by atoms with van der Waals surface area (Å²) in [5.41, 5.74) is 0.0970. The van der Waals surface area contributed by atoms with Crippen LogP contribution in [0.4, 0.5) is 35.1 Å². The van der Waals surface area contributed by atoms with Crippen molar-refractivity contribution in [1.82, 2.24) is 14.0 Å². The summed E-state index contributed by atoms with van der Waals surface area (Å²) in [6.07, 6.45) is -9.47. The van der Waals surface area contributed by atoms with Gasteiger partial charge in [0, 0.05) is 25.0 Å². The molecule has 0 bridgehead atoms. The first-order chi connectivity index (χ1) is 13.7. The molecule has 2 aromatic rings. The molecule has 0 radical (unpaired) electrons. The molecule has 0 fully saturated rings. The van der Waals surface area contributed by atoms with E-state index in [0.29, 0.717) is 10.6 Å². The third-order valence-electron chi connectivity index (χ3n) is 3.85. The van der Waals surface area contributed by atoms with Crippen LogP contribution in [0.1, 0.15) is 11.3 Å². The topological polar surface area (TPSA) is 86.9 Å². The van der Waals surface area contributed by atoms with Gasteiger partial charge in [0.2, 0.25) is 11.7 Å². The number of fused-ring (bicyclic) bond motifs is 1. The van der Waals surface area contributed by atoms with Gasteiger partial charge in [-0.2, -0.15) is 35.1 Å². The lowest BCUT2D eigenvalue weighted by atomic mass is 10.1. The predicted molar refractivity (Wildman–Crippen MR) is 88.5 cm³/mol. The fourth-order valence-electron chi connectivity index (χ4n) is 2.37. The highest BCUT2D eigenvalue weighted by atomic mass is 19.4. The number of allylic oxidation sites excluding steroid dienone is 1. The smallest absolute Gasteiger partial charge is 0.455 e. The number of halogens is 8. The number of aliphatic imine (C=N–C) groups is 1. The summed E-state index contributed by atoms with van der Waals surface area (Å²) in [5, 5.41) is 0. The summed E-state index contributed by atoms with van der Waals surface area (Å²) < 4.78 is 110. The quantitative estimate of drug-likeness (QED) is 0.564. The van der Waals surface area contributed by atoms with E-state index in [1.165, 1.54) is 14.2 Å². The van der Waals surface area contributed by atoms with Crippen LogP contribution in [0.3, 0.4) is 0 Å². The molecule has 30 heavy (non-hydrogen) atoms. The lowest BCUT2D eigenvalue weighted by Gasteiger charge is -2.17. The van der Waals surface area contributed by atoms with E-state index in [-0.39, 0.29) is 12.1 Å². The molecule has 0 amide bonds. The number of nitrogens with two attached hydrogens (primary N) is 1. The Morgan fingerprint density at radius 2 is 1.83 bits per heavy atom. The molecule has 15 heteroatoms. The lowest BCUT2D eigenvalue weighted by Crippen LogP contribution is -2.39. The number of nitrogens with zero attached hydrogens (tertiary/aromatic N) is 4. The number of rotatable bonds is 5. The van der Waals surface area contributed by atoms with Crippen molar-refractivity contribution in [2.24, 2.45) is 17.8 Å². The Bertz CT molecular complexity index is 1060. The molecule has 0 spiro atoms. The number of alkyl halides is 8. The van der Waals surface area contributed by atoms with Crippen LogP contribution >= 0.6 is 0 Å². The number of aromatic nitrogens is 3. The molecule has 2 N–H and O–H groups in total. The predicted octanol–water partition coefficient (Wildman–Crippen LogP) is 2.63. The van der Waals surface area contributed by atoms with Crippen molar-refractivity contribution in [3.63, 3.8) is 0 Å². The van der Waals surface area contributed by atoms with Gasteiger partial charge < -0.3 is 10.5 Å². The van der Waals surface area contributed by atoms with Gasteiger partial charge in [0.15, 0.2) is 5.69 Å². The molecule has 2 aromatic heterocycles. The number of aryl methyl sites for hydroxylation is 1. The molecule has 2 rings (SSSR count). The Labute approximate surface area is 162 Å². The lowest BCUT2D eigenvalue weighted by molar-refractivity contribution is -0.276. The van der Waals surface area contributed by atoms with Gasteiger partial charge in [0.1, 0.15) is 6.54 Å². The van der Waals surface area contributed by atoms with Crippen molar-refractivity contribution in [3.8, 4) is 5.88 Å². The Hall–Kier alpha value is -3.13. The summed E-state index contributed by atoms with van der Waals surface area (Å²) in [5.74, 6) is -5.74. The van der Waals surface area contributed by atoms with Crippen molar-refractivity contribution < 1.29 is 39.9 Å². The highest BCUT2D eigenvalue weighted by Crippen LogP contribution is 2.36. The largest absolute Gasteiger partial charge is 0.481 e. The molecule has 0 aliphatic rings. The van der Waals surface area contributed by atoms with Crippen LogP contribution in [-0.2, 0) is 13.2 Å². The van der Waals surface area contributed by atoms with E-state index in [0.717, 1.165) is 10.8 Å². The summed E-state index contributed by atoms with van der Waals surface area (Å²) >= 11 is 0. The summed E-state index contributed by atoms with van der Waals surface area (Å²) in [6, 6.07) is 0. The summed E-state index contributed by atoms with van der Waals surface area (Å²) in [7, 11) is 2.45. The normalized spacial score (nSPS) is 14.1. The SMILES string of the molecule is COc1cn2c(=O)c(C(C=NCC(F)(F)C(F)(F)F)=CN)c(C(F)(F)F)nc2n1C. The first kappa shape index (κ1) is 23.2. The highest BCUT2D eigenvalue weighted by molar-refractivity contribution is 6.10. The zero-order chi connectivity index (χ0) is 23.1. The standard InChI is InChI=1S/C15H13F8N5O2/c1-27-8(30-2)5-28-11(29)9(10(14(18,19)20)26-12(27)28)7(3-24)4-25-6-13(16,17)15(21,22)23/h3-5H,6,24H2,1-2H3. The van der Waals surface area contributed by atoms with Crippen LogP contribution in [0.25, 0.3) is 11.4 Å². The third-order valence-corrected chi connectivity index (χ3v) is 3.85. The van der Waals surface area contributed by atoms with Gasteiger partial charge in [0.05, 0.1) is 18.9 Å². The second-order valence-electron chi connectivity index (χ2n) is 5.83. The average Bonchev–Trinajstić information content (AvgIpc) is 2.94. The van der Waals surface area contributed by atoms with Crippen LogP contribution in [0, 0.1) is 0 Å². The average molecular weight is 447 g/mol. The molecule has 0 saturated heterocycles. The van der Waals surface area contributed by atoms with E-state index in [2.05, 4.69) is 9.98 Å². The highest BCUT2D eigenvalue weighted by Gasteiger charge is 2.57. The maximum atomic E-state index is 13.5. The van der Waals surface area contributed by atoms with E-state index >= 15 is 0 Å². The Morgan fingerprint density at radius 3 is 2.30 bits per heavy atom. The van der Waals surface area contributed by atoms with Gasteiger partial charge in [-0.3, -0.25) is 14.4 Å². The number of methoxy groups -OCH3 is 1. The molecular formula is C15H13F8N5O2. The van der Waals surface area contributed by atoms with E-state index in [4.69, 9.17) is 10.5 Å². The number of imidazole rings is 1. The molecule has 7 nitrogen and oxygen atoms in total. The first-order valence-electron chi connectivity index (χ1n) is 7.75. The van der Waals surface area contributed by atoms with E-state index < -0.39 is 53.0 Å². The minimum absolute atomic E-state index is 0.0401. The van der Waals surface area contributed by atoms with Crippen LogP contribution in [0.2, 0.25) is 0 Å². The van der Waals surface area contributed by atoms with Crippen molar-refractivity contribution in [3.05, 3.63) is 34.0 Å². The second kappa shape index (κ2) is 7.60. The number of hydrogen-bond acceptors (Lipinski definition) is 5. The second-order valence-corrected chi connectivity index (χ2v) is 5.83. The zero-order valence-electron chi connectivity index (χ0n) is 15.1. The molecule has 166 valence electrons. The zero-order valence-corrected chi connectivity index (χ0v) is 15.1. The monoisotopic (exact) mass is 447 g/mol. The minimum Gasteiger partial charge on any atom is -0.481 e. The van der Waals surface area contributed by atoms with Gasteiger partial charge in [-0.25, -0.2) is 9.38 Å². The van der Waals surface area contributed by atoms with Crippen LogP contribution in [-0.4, -0.2) is 45.9 Å². The molecular weight excluding hydrogens is 434 g/mol. The summed E-state index contributed by atoms with van der Waals surface area (Å²) in [4.78, 5) is 18.9. The van der Waals surface area contributed by atoms with E-state index in [1.807, 2.05) is 0 Å². The molecule has 0 aliphatic heterocycles. The Balaban J connectivity index is 2.67. The van der Waals surface area contributed by atoms with Crippen LogP contribution in [0.15, 0.2) is 22.2 Å². The number of ether oxygens (including phenoxy) is 1. The van der Waals surface area contributed by atoms with Crippen molar-refractivity contribution in [2.45, 2.75) is 18.3 Å². The first-order valence-corrected chi connectivity index (χ1v) is 7.75. The fourth-order valence-corrected chi connectivity index (χ4v) is 2.37. The van der Waals surface area contributed by atoms with E-state index in [1.54, 1.807) is 0 Å². The maximum absolute atomic E-state index is 13.5. The van der Waals surface area contributed by atoms with Gasteiger partial charge in [-0.05, 0) is 0 Å². The molecule has 0 saturated carbocycles. The van der Waals surface area contributed by atoms with Crippen LogP contribution in [0.5, 0.6) is 5.88 Å². The Kier molecular flexibility index (Phi) is 5.87. The number of hydrogen-bond donors (Lipinski definition) is 1. The minimum atomic E-state index is -5.92. The van der Waals surface area contributed by atoms with Gasteiger partial charge in [-0.15, -0.1) is 0 Å². The van der Waals surface area contributed by atoms with Gasteiger partial charge in [0.25, 0.3) is 5.56 Å². The fraction of sp³-hybridized carbons (Fsp3) is 0.400. The van der Waals surface area contributed by atoms with E-state index in [9.17, 15) is 39.9 Å². The van der Waals surface area contributed by atoms with Crippen molar-refractivity contribution in [2.75, 3.05) is 13.7 Å². The molecule has 0 unspecified atom stereocenters. The Morgan fingerprint density at radius 1 is 1.23 bits per heavy atom.